The van der Waals surface area contributed by atoms with E-state index in [9.17, 15) is 15.8 Å². The molecule has 6 nitrogen and oxygen atoms in total. The first-order valence-corrected chi connectivity index (χ1v) is 8.53. The number of fused-ring (bicyclic) bond motifs is 2. The lowest BCUT2D eigenvalue weighted by Crippen LogP contribution is -2.62. The third-order valence-electron chi connectivity index (χ3n) is 5.35. The molecule has 6 heteroatoms. The number of hydrogen-bond acceptors (Lipinski definition) is 6. The van der Waals surface area contributed by atoms with Crippen molar-refractivity contribution < 1.29 is 9.47 Å². The number of nitrogens with one attached hydrogen (secondary N) is 1. The molecule has 0 radical (unpaired) electrons. The average Bonchev–Trinajstić information content (AvgIpc) is 2.72. The van der Waals surface area contributed by atoms with Gasteiger partial charge in [-0.3, -0.25) is 5.41 Å². The summed E-state index contributed by atoms with van der Waals surface area (Å²) in [5, 5.41) is 38.3. The van der Waals surface area contributed by atoms with Crippen molar-refractivity contribution in [3.8, 4) is 18.2 Å². The Kier molecular flexibility index (Phi) is 4.62. The van der Waals surface area contributed by atoms with Gasteiger partial charge in [-0.15, -0.1) is 0 Å². The molecule has 2 aliphatic heterocycles. The Morgan fingerprint density at radius 1 is 1.17 bits per heavy atom. The molecule has 0 spiro atoms. The van der Waals surface area contributed by atoms with E-state index in [1.165, 1.54) is 0 Å². The molecule has 2 rings (SSSR count). The molecular formula is C18H24N4O2. The van der Waals surface area contributed by atoms with Crippen LogP contribution in [0.25, 0.3) is 0 Å². The van der Waals surface area contributed by atoms with Gasteiger partial charge in [-0.1, -0.05) is 27.7 Å². The van der Waals surface area contributed by atoms with E-state index in [1.807, 2.05) is 27.7 Å². The van der Waals surface area contributed by atoms with Crippen molar-refractivity contribution in [3.05, 3.63) is 0 Å². The predicted molar refractivity (Wildman–Crippen MR) is 86.3 cm³/mol. The van der Waals surface area contributed by atoms with Gasteiger partial charge in [0.2, 0.25) is 11.7 Å². The van der Waals surface area contributed by atoms with Gasteiger partial charge in [-0.2, -0.15) is 15.8 Å². The number of nitriles is 3. The minimum atomic E-state index is -1.74. The molecule has 2 saturated heterocycles. The molecule has 2 fully saturated rings. The lowest BCUT2D eigenvalue weighted by Gasteiger charge is -2.50. The first-order chi connectivity index (χ1) is 11.3. The molecule has 0 amide bonds. The molecule has 4 atom stereocenters. The van der Waals surface area contributed by atoms with Crippen LogP contribution < -0.4 is 0 Å². The van der Waals surface area contributed by atoms with Crippen molar-refractivity contribution in [1.82, 2.24) is 0 Å². The molecule has 2 aliphatic rings. The number of ether oxygens (including phenoxy) is 2. The average molecular weight is 328 g/mol. The predicted octanol–water partition coefficient (Wildman–Crippen LogP) is 3.50. The minimum Gasteiger partial charge on any atom is -0.447 e. The molecule has 0 aromatic heterocycles. The fraction of sp³-hybridized carbons (Fsp3) is 0.778. The van der Waals surface area contributed by atoms with Gasteiger partial charge in [0.05, 0.1) is 30.2 Å². The van der Waals surface area contributed by atoms with Gasteiger partial charge in [0, 0.05) is 6.42 Å². The van der Waals surface area contributed by atoms with Crippen LogP contribution in [-0.4, -0.2) is 17.8 Å². The second-order valence-electron chi connectivity index (χ2n) is 7.14. The molecule has 0 saturated carbocycles. The van der Waals surface area contributed by atoms with Crippen LogP contribution in [0.15, 0.2) is 0 Å². The second-order valence-corrected chi connectivity index (χ2v) is 7.14. The Morgan fingerprint density at radius 3 is 2.21 bits per heavy atom. The van der Waals surface area contributed by atoms with E-state index >= 15 is 0 Å². The van der Waals surface area contributed by atoms with Gasteiger partial charge in [0.1, 0.15) is 0 Å². The van der Waals surface area contributed by atoms with Crippen LogP contribution in [-0.2, 0) is 9.47 Å². The third-order valence-corrected chi connectivity index (χ3v) is 5.35. The SMILES string of the molecule is CCCC12OC(=N)C(C#N)(C1CC)C(C#N)(C#N)C(CC(C)C)O2. The summed E-state index contributed by atoms with van der Waals surface area (Å²) in [4.78, 5) is 0. The van der Waals surface area contributed by atoms with Gasteiger partial charge in [0.25, 0.3) is 0 Å². The summed E-state index contributed by atoms with van der Waals surface area (Å²) in [5.41, 5.74) is -3.32. The lowest BCUT2D eigenvalue weighted by molar-refractivity contribution is -0.285. The van der Waals surface area contributed by atoms with Crippen LogP contribution in [0.3, 0.4) is 0 Å². The van der Waals surface area contributed by atoms with Crippen LogP contribution in [0.1, 0.15) is 53.4 Å². The van der Waals surface area contributed by atoms with Crippen LogP contribution in [0.5, 0.6) is 0 Å². The molecule has 128 valence electrons. The Morgan fingerprint density at radius 2 is 1.79 bits per heavy atom. The zero-order valence-corrected chi connectivity index (χ0v) is 14.7. The quantitative estimate of drug-likeness (QED) is 0.829. The first kappa shape index (κ1) is 18.2. The van der Waals surface area contributed by atoms with Crippen molar-refractivity contribution in [3.63, 3.8) is 0 Å². The van der Waals surface area contributed by atoms with Gasteiger partial charge in [-0.25, -0.2) is 0 Å². The molecule has 0 aromatic rings. The van der Waals surface area contributed by atoms with E-state index in [1.54, 1.807) is 0 Å². The summed E-state index contributed by atoms with van der Waals surface area (Å²) < 4.78 is 12.1. The second kappa shape index (κ2) is 6.08. The smallest absolute Gasteiger partial charge is 0.217 e. The highest BCUT2D eigenvalue weighted by Gasteiger charge is 2.79. The van der Waals surface area contributed by atoms with Crippen LogP contribution >= 0.6 is 0 Å². The van der Waals surface area contributed by atoms with Gasteiger partial charge in [0.15, 0.2) is 10.8 Å². The van der Waals surface area contributed by atoms with Crippen LogP contribution in [0.4, 0.5) is 0 Å². The maximum atomic E-state index is 10.0. The highest BCUT2D eigenvalue weighted by molar-refractivity contribution is 5.89. The van der Waals surface area contributed by atoms with Crippen LogP contribution in [0.2, 0.25) is 0 Å². The minimum absolute atomic E-state index is 0.178. The van der Waals surface area contributed by atoms with E-state index in [-0.39, 0.29) is 11.8 Å². The van der Waals surface area contributed by atoms with E-state index in [0.29, 0.717) is 19.3 Å². The van der Waals surface area contributed by atoms with Gasteiger partial charge >= 0.3 is 0 Å². The maximum Gasteiger partial charge on any atom is 0.217 e. The molecule has 0 aliphatic carbocycles. The van der Waals surface area contributed by atoms with Crippen molar-refractivity contribution in [2.24, 2.45) is 22.7 Å². The largest absolute Gasteiger partial charge is 0.447 e. The summed E-state index contributed by atoms with van der Waals surface area (Å²) in [7, 11) is 0. The summed E-state index contributed by atoms with van der Waals surface area (Å²) in [6.07, 6.45) is 1.48. The lowest BCUT2D eigenvalue weighted by atomic mass is 9.52. The topological polar surface area (TPSA) is 114 Å². The zero-order valence-electron chi connectivity index (χ0n) is 14.7. The summed E-state index contributed by atoms with van der Waals surface area (Å²) in [5.74, 6) is -1.71. The van der Waals surface area contributed by atoms with Crippen molar-refractivity contribution in [2.45, 2.75) is 65.3 Å². The van der Waals surface area contributed by atoms with E-state index < -0.39 is 28.6 Å². The summed E-state index contributed by atoms with van der Waals surface area (Å²) in [6, 6.07) is 6.30. The Bertz CT molecular complexity index is 639. The highest BCUT2D eigenvalue weighted by atomic mass is 16.7. The standard InChI is InChI=1S/C18H24N4O2/c1-5-7-18-13(6-2)17(11-21,15(22)24-18)16(9-19,10-20)14(23-18)8-12(3)4/h12-14,22H,5-8H2,1-4H3. The molecule has 1 N–H and O–H groups in total. The van der Waals surface area contributed by atoms with Crippen LogP contribution in [0, 0.1) is 62.1 Å². The Labute approximate surface area is 143 Å². The van der Waals surface area contributed by atoms with E-state index in [4.69, 9.17) is 14.9 Å². The number of hydrogen-bond donors (Lipinski definition) is 1. The Hall–Kier alpha value is -2.10. The van der Waals surface area contributed by atoms with Gasteiger partial charge < -0.3 is 9.47 Å². The van der Waals surface area contributed by atoms with Crippen molar-refractivity contribution >= 4 is 5.90 Å². The molecule has 2 heterocycles. The molecule has 4 unspecified atom stereocenters. The normalized spacial score (nSPS) is 36.5. The molecule has 0 aromatic carbocycles. The molecule has 24 heavy (non-hydrogen) atoms. The summed E-state index contributed by atoms with van der Waals surface area (Å²) >= 11 is 0. The fourth-order valence-corrected chi connectivity index (χ4v) is 4.42. The van der Waals surface area contributed by atoms with Crippen molar-refractivity contribution in [1.29, 1.82) is 21.2 Å². The number of rotatable bonds is 5. The number of nitrogens with zero attached hydrogens (tertiary/aromatic N) is 3. The van der Waals surface area contributed by atoms with E-state index in [0.717, 1.165) is 6.42 Å². The maximum absolute atomic E-state index is 10.0. The first-order valence-electron chi connectivity index (χ1n) is 8.53. The fourth-order valence-electron chi connectivity index (χ4n) is 4.42. The molecule has 2 bridgehead atoms. The highest BCUT2D eigenvalue weighted by Crippen LogP contribution is 2.65. The monoisotopic (exact) mass is 328 g/mol. The molecular weight excluding hydrogens is 304 g/mol. The zero-order chi connectivity index (χ0) is 18.2. The Balaban J connectivity index is 2.76. The third kappa shape index (κ3) is 1.98. The van der Waals surface area contributed by atoms with Crippen molar-refractivity contribution in [2.75, 3.05) is 0 Å². The van der Waals surface area contributed by atoms with E-state index in [2.05, 4.69) is 18.2 Å². The summed E-state index contributed by atoms with van der Waals surface area (Å²) in [6.45, 7) is 7.83. The van der Waals surface area contributed by atoms with Gasteiger partial charge in [-0.05, 0) is 25.2 Å².